The number of hydrogen-bond donors (Lipinski definition) is 3. The number of urea groups is 1. The highest BCUT2D eigenvalue weighted by molar-refractivity contribution is 5.84. The molecule has 6 heteroatoms. The fourth-order valence-corrected chi connectivity index (χ4v) is 6.40. The Hall–Kier alpha value is -4.42. The minimum Gasteiger partial charge on any atom is -0.353 e. The van der Waals surface area contributed by atoms with Crippen molar-refractivity contribution in [2.45, 2.75) is 43.6 Å². The molecule has 4 aromatic carbocycles. The molecule has 0 aliphatic carbocycles. The average molecular weight is 589 g/mol. The molecule has 4 aromatic rings. The third kappa shape index (κ3) is 8.57. The summed E-state index contributed by atoms with van der Waals surface area (Å²) in [4.78, 5) is 28.0. The topological polar surface area (TPSA) is 73.5 Å². The molecule has 0 unspecified atom stereocenters. The van der Waals surface area contributed by atoms with Crippen LogP contribution in [0.4, 0.5) is 4.79 Å². The van der Waals surface area contributed by atoms with E-state index in [4.69, 9.17) is 0 Å². The van der Waals surface area contributed by atoms with Crippen LogP contribution in [0.5, 0.6) is 0 Å². The van der Waals surface area contributed by atoms with E-state index >= 15 is 0 Å². The number of nitrogens with one attached hydrogen (secondary N) is 3. The van der Waals surface area contributed by atoms with Crippen molar-refractivity contribution < 1.29 is 9.59 Å². The zero-order valence-electron chi connectivity index (χ0n) is 25.5. The molecule has 0 atom stereocenters. The highest BCUT2D eigenvalue weighted by Gasteiger charge is 2.34. The van der Waals surface area contributed by atoms with Gasteiger partial charge in [-0.3, -0.25) is 4.79 Å². The van der Waals surface area contributed by atoms with E-state index in [0.717, 1.165) is 38.0 Å². The molecule has 1 saturated heterocycles. The van der Waals surface area contributed by atoms with E-state index in [1.54, 1.807) is 0 Å². The molecular weight excluding hydrogens is 544 g/mol. The number of hydrogen-bond acceptors (Lipinski definition) is 3. The summed E-state index contributed by atoms with van der Waals surface area (Å²) in [6.45, 7) is 4.01. The molecule has 0 spiro atoms. The van der Waals surface area contributed by atoms with Crippen molar-refractivity contribution in [3.05, 3.63) is 144 Å². The van der Waals surface area contributed by atoms with Gasteiger partial charge in [0.1, 0.15) is 0 Å². The Bertz CT molecular complexity index is 1380. The van der Waals surface area contributed by atoms with Crippen LogP contribution in [-0.4, -0.2) is 49.6 Å². The molecule has 0 bridgehead atoms. The number of piperidine rings is 1. The standard InChI is InChI=1S/C38H44N4O2/c43-36(29-40-37(44)39-28-31-14-5-1-6-15-31)41-30-38(34-18-9-3-10-19-34,35-20-11-4-12-21-35)24-13-25-42-26-22-33(23-27-42)32-16-7-2-8-17-32/h1-12,14-21,33H,13,22-30H2,(H,41,43)(H2,39,40,44). The Balaban J connectivity index is 1.20. The lowest BCUT2D eigenvalue weighted by molar-refractivity contribution is -0.120. The van der Waals surface area contributed by atoms with Crippen molar-refractivity contribution in [2.24, 2.45) is 0 Å². The first-order valence-corrected chi connectivity index (χ1v) is 15.8. The summed E-state index contributed by atoms with van der Waals surface area (Å²) in [7, 11) is 0. The maximum atomic E-state index is 13.0. The van der Waals surface area contributed by atoms with Crippen molar-refractivity contribution in [3.63, 3.8) is 0 Å². The Morgan fingerprint density at radius 1 is 0.682 bits per heavy atom. The molecule has 0 radical (unpaired) electrons. The summed E-state index contributed by atoms with van der Waals surface area (Å²) in [6.07, 6.45) is 4.28. The lowest BCUT2D eigenvalue weighted by atomic mass is 9.71. The van der Waals surface area contributed by atoms with Crippen molar-refractivity contribution in [2.75, 3.05) is 32.7 Å². The summed E-state index contributed by atoms with van der Waals surface area (Å²) in [5.41, 5.74) is 4.43. The first-order valence-electron chi connectivity index (χ1n) is 15.8. The second-order valence-corrected chi connectivity index (χ2v) is 11.7. The van der Waals surface area contributed by atoms with Gasteiger partial charge < -0.3 is 20.9 Å². The van der Waals surface area contributed by atoms with Gasteiger partial charge in [0, 0.05) is 18.5 Å². The van der Waals surface area contributed by atoms with Gasteiger partial charge in [-0.2, -0.15) is 0 Å². The molecule has 0 aromatic heterocycles. The molecule has 44 heavy (non-hydrogen) atoms. The average Bonchev–Trinajstić information content (AvgIpc) is 3.10. The summed E-state index contributed by atoms with van der Waals surface area (Å²) in [5, 5.41) is 8.68. The van der Waals surface area contributed by atoms with Crippen molar-refractivity contribution >= 4 is 11.9 Å². The van der Waals surface area contributed by atoms with Gasteiger partial charge in [0.25, 0.3) is 0 Å². The van der Waals surface area contributed by atoms with Crippen LogP contribution in [0.3, 0.4) is 0 Å². The fraction of sp³-hybridized carbons (Fsp3) is 0.316. The van der Waals surface area contributed by atoms with Crippen molar-refractivity contribution in [1.29, 1.82) is 0 Å². The minimum atomic E-state index is -0.393. The Labute approximate surface area is 261 Å². The van der Waals surface area contributed by atoms with Crippen LogP contribution in [0.25, 0.3) is 0 Å². The quantitative estimate of drug-likeness (QED) is 0.173. The van der Waals surface area contributed by atoms with Crippen LogP contribution in [-0.2, 0) is 16.8 Å². The summed E-state index contributed by atoms with van der Waals surface area (Å²) < 4.78 is 0. The summed E-state index contributed by atoms with van der Waals surface area (Å²) in [6, 6.07) is 41.3. The molecule has 228 valence electrons. The third-order valence-electron chi connectivity index (χ3n) is 8.88. The van der Waals surface area contributed by atoms with E-state index in [0.29, 0.717) is 19.0 Å². The van der Waals surface area contributed by atoms with Crippen LogP contribution in [0.15, 0.2) is 121 Å². The fourth-order valence-electron chi connectivity index (χ4n) is 6.40. The highest BCUT2D eigenvalue weighted by atomic mass is 16.2. The second kappa shape index (κ2) is 15.9. The van der Waals surface area contributed by atoms with Gasteiger partial charge in [-0.05, 0) is 73.5 Å². The van der Waals surface area contributed by atoms with Gasteiger partial charge in [-0.1, -0.05) is 121 Å². The molecule has 1 fully saturated rings. The first kappa shape index (κ1) is 31.0. The van der Waals surface area contributed by atoms with E-state index in [1.807, 2.05) is 42.5 Å². The lowest BCUT2D eigenvalue weighted by Crippen LogP contribution is -2.47. The first-order chi connectivity index (χ1) is 21.6. The normalized spacial score (nSPS) is 14.1. The zero-order valence-corrected chi connectivity index (χ0v) is 25.5. The zero-order chi connectivity index (χ0) is 30.5. The molecule has 1 aliphatic rings. The predicted octanol–water partition coefficient (Wildman–Crippen LogP) is 6.25. The second-order valence-electron chi connectivity index (χ2n) is 11.7. The van der Waals surface area contributed by atoms with Gasteiger partial charge in [0.05, 0.1) is 6.54 Å². The molecule has 6 nitrogen and oxygen atoms in total. The van der Waals surface area contributed by atoms with Crippen LogP contribution < -0.4 is 16.0 Å². The van der Waals surface area contributed by atoms with E-state index in [1.165, 1.54) is 29.5 Å². The van der Waals surface area contributed by atoms with Gasteiger partial charge in [0.15, 0.2) is 0 Å². The smallest absolute Gasteiger partial charge is 0.315 e. The van der Waals surface area contributed by atoms with Gasteiger partial charge >= 0.3 is 6.03 Å². The Morgan fingerprint density at radius 3 is 1.82 bits per heavy atom. The largest absolute Gasteiger partial charge is 0.353 e. The third-order valence-corrected chi connectivity index (χ3v) is 8.88. The van der Waals surface area contributed by atoms with Crippen molar-refractivity contribution in [1.82, 2.24) is 20.9 Å². The van der Waals surface area contributed by atoms with E-state index in [2.05, 4.69) is 99.7 Å². The molecular formula is C38H44N4O2. The van der Waals surface area contributed by atoms with Crippen LogP contribution in [0.2, 0.25) is 0 Å². The van der Waals surface area contributed by atoms with E-state index < -0.39 is 5.41 Å². The maximum absolute atomic E-state index is 13.0. The molecule has 3 N–H and O–H groups in total. The molecule has 0 saturated carbocycles. The lowest BCUT2D eigenvalue weighted by Gasteiger charge is -2.37. The van der Waals surface area contributed by atoms with Crippen molar-refractivity contribution in [3.8, 4) is 0 Å². The Morgan fingerprint density at radius 2 is 1.23 bits per heavy atom. The molecule has 3 amide bonds. The van der Waals surface area contributed by atoms with Crippen LogP contribution >= 0.6 is 0 Å². The maximum Gasteiger partial charge on any atom is 0.315 e. The number of benzene rings is 4. The van der Waals surface area contributed by atoms with E-state index in [-0.39, 0.29) is 18.5 Å². The number of nitrogens with zero attached hydrogens (tertiary/aromatic N) is 1. The van der Waals surface area contributed by atoms with Crippen LogP contribution in [0, 0.1) is 0 Å². The van der Waals surface area contributed by atoms with E-state index in [9.17, 15) is 9.59 Å². The monoisotopic (exact) mass is 588 g/mol. The summed E-state index contributed by atoms with van der Waals surface area (Å²) in [5.74, 6) is 0.434. The van der Waals surface area contributed by atoms with Gasteiger partial charge in [0.2, 0.25) is 5.91 Å². The molecule has 5 rings (SSSR count). The molecule has 1 aliphatic heterocycles. The summed E-state index contributed by atoms with van der Waals surface area (Å²) >= 11 is 0. The number of carbonyl (C=O) groups is 2. The number of carbonyl (C=O) groups excluding carboxylic acids is 2. The van der Waals surface area contributed by atoms with Crippen LogP contribution in [0.1, 0.15) is 53.9 Å². The minimum absolute atomic E-state index is 0.0867. The highest BCUT2D eigenvalue weighted by Crippen LogP contribution is 2.37. The molecule has 1 heterocycles. The van der Waals surface area contributed by atoms with Gasteiger partial charge in [-0.15, -0.1) is 0 Å². The number of amides is 3. The van der Waals surface area contributed by atoms with Gasteiger partial charge in [-0.25, -0.2) is 4.79 Å². The SMILES string of the molecule is O=C(CNC(=O)NCc1ccccc1)NCC(CCCN1CCC(c2ccccc2)CC1)(c1ccccc1)c1ccccc1. The predicted molar refractivity (Wildman–Crippen MR) is 177 cm³/mol. The number of rotatable bonds is 13. The Kier molecular flexibility index (Phi) is 11.2. The number of likely N-dealkylation sites (tertiary alicyclic amines) is 1.